The van der Waals surface area contributed by atoms with Gasteiger partial charge in [0.2, 0.25) is 0 Å². The Hall–Kier alpha value is -2.50. The van der Waals surface area contributed by atoms with E-state index in [0.717, 1.165) is 13.0 Å². The summed E-state index contributed by atoms with van der Waals surface area (Å²) in [6.45, 7) is 1.09. The molecule has 6 heteroatoms. The molecule has 0 radical (unpaired) electrons. The number of carboxylic acids is 1. The first-order valence-electron chi connectivity index (χ1n) is 4.63. The summed E-state index contributed by atoms with van der Waals surface area (Å²) in [6.07, 6.45) is 1.00. The van der Waals surface area contributed by atoms with Gasteiger partial charge in [0.05, 0.1) is 10.5 Å². The van der Waals surface area contributed by atoms with Crippen LogP contribution in [0, 0.1) is 10.1 Å². The van der Waals surface area contributed by atoms with Crippen molar-refractivity contribution in [2.24, 2.45) is 0 Å². The maximum Gasteiger partial charge on any atom is 0.339 e. The minimum atomic E-state index is -1.41. The number of nitro benzene ring substituents is 1. The Morgan fingerprint density at radius 1 is 1.35 bits per heavy atom. The summed E-state index contributed by atoms with van der Waals surface area (Å²) in [7, 11) is 0. The smallest absolute Gasteiger partial charge is 0.339 e. The van der Waals surface area contributed by atoms with Gasteiger partial charge in [-0.3, -0.25) is 14.9 Å². The van der Waals surface area contributed by atoms with Crippen LogP contribution in [-0.2, 0) is 9.59 Å². The lowest BCUT2D eigenvalue weighted by molar-refractivity contribution is -0.385. The van der Waals surface area contributed by atoms with Gasteiger partial charge in [-0.1, -0.05) is 12.1 Å². The summed E-state index contributed by atoms with van der Waals surface area (Å²) < 4.78 is 0. The Morgan fingerprint density at radius 3 is 2.41 bits per heavy atom. The Balaban J connectivity index is 3.34. The molecule has 6 nitrogen and oxygen atoms in total. The number of Topliss-reactive ketones (excluding diaryl/α,β-unsaturated/α-hetero) is 1. The third kappa shape index (κ3) is 2.97. The molecule has 17 heavy (non-hydrogen) atoms. The number of para-hydroxylation sites is 1. The number of ketones is 1. The number of carbonyl (C=O) groups excluding carboxylic acids is 1. The summed E-state index contributed by atoms with van der Waals surface area (Å²) in [5.74, 6) is -2.06. The highest BCUT2D eigenvalue weighted by Crippen LogP contribution is 2.20. The fourth-order valence-corrected chi connectivity index (χ4v) is 1.25. The average Bonchev–Trinajstić information content (AvgIpc) is 2.25. The van der Waals surface area contributed by atoms with Crippen molar-refractivity contribution in [2.75, 3.05) is 0 Å². The maximum absolute atomic E-state index is 11.1. The van der Waals surface area contributed by atoms with Crippen LogP contribution in [0.3, 0.4) is 0 Å². The number of carboxylic acid groups (broad SMARTS) is 1. The van der Waals surface area contributed by atoms with Crippen molar-refractivity contribution in [3.63, 3.8) is 0 Å². The van der Waals surface area contributed by atoms with Gasteiger partial charge in [0.15, 0.2) is 5.78 Å². The minimum absolute atomic E-state index is 0.0881. The van der Waals surface area contributed by atoms with Crippen molar-refractivity contribution in [3.8, 4) is 0 Å². The van der Waals surface area contributed by atoms with Crippen molar-refractivity contribution in [1.82, 2.24) is 0 Å². The molecule has 1 aromatic rings. The molecule has 0 aliphatic carbocycles. The molecule has 0 saturated heterocycles. The van der Waals surface area contributed by atoms with Crippen LogP contribution in [0.1, 0.15) is 12.5 Å². The third-order valence-corrected chi connectivity index (χ3v) is 2.04. The number of carbonyl (C=O) groups is 2. The lowest BCUT2D eigenvalue weighted by Gasteiger charge is -1.99. The van der Waals surface area contributed by atoms with Crippen LogP contribution >= 0.6 is 0 Å². The SMILES string of the molecule is CC(=O)/C(=C/c1ccccc1[N+](=O)[O-])C(=O)O. The Morgan fingerprint density at radius 2 is 1.94 bits per heavy atom. The molecule has 1 aromatic carbocycles. The van der Waals surface area contributed by atoms with Crippen LogP contribution in [0.15, 0.2) is 29.8 Å². The van der Waals surface area contributed by atoms with E-state index in [1.165, 1.54) is 24.3 Å². The van der Waals surface area contributed by atoms with E-state index in [9.17, 15) is 19.7 Å². The third-order valence-electron chi connectivity index (χ3n) is 2.04. The van der Waals surface area contributed by atoms with Crippen LogP contribution < -0.4 is 0 Å². The van der Waals surface area contributed by atoms with E-state index in [1.54, 1.807) is 0 Å². The van der Waals surface area contributed by atoms with Crippen molar-refractivity contribution in [1.29, 1.82) is 0 Å². The highest BCUT2D eigenvalue weighted by Gasteiger charge is 2.16. The molecule has 0 fully saturated rings. The van der Waals surface area contributed by atoms with Crippen LogP contribution in [0.5, 0.6) is 0 Å². The van der Waals surface area contributed by atoms with E-state index in [4.69, 9.17) is 5.11 Å². The van der Waals surface area contributed by atoms with Gasteiger partial charge in [0, 0.05) is 6.07 Å². The average molecular weight is 235 g/mol. The summed E-state index contributed by atoms with van der Waals surface area (Å²) >= 11 is 0. The van der Waals surface area contributed by atoms with Crippen LogP contribution in [0.4, 0.5) is 5.69 Å². The van der Waals surface area contributed by atoms with Crippen molar-refractivity contribution in [2.45, 2.75) is 6.92 Å². The first-order valence-corrected chi connectivity index (χ1v) is 4.63. The van der Waals surface area contributed by atoms with Gasteiger partial charge in [-0.15, -0.1) is 0 Å². The van der Waals surface area contributed by atoms with Gasteiger partial charge < -0.3 is 5.11 Å². The largest absolute Gasteiger partial charge is 0.478 e. The summed E-state index contributed by atoms with van der Waals surface area (Å²) in [6, 6.07) is 5.61. The van der Waals surface area contributed by atoms with E-state index in [2.05, 4.69) is 0 Å². The number of hydrogen-bond acceptors (Lipinski definition) is 4. The lowest BCUT2D eigenvalue weighted by Crippen LogP contribution is -2.08. The summed E-state index contributed by atoms with van der Waals surface area (Å²) in [5.41, 5.74) is -0.642. The minimum Gasteiger partial charge on any atom is -0.478 e. The van der Waals surface area contributed by atoms with E-state index in [0.29, 0.717) is 0 Å². The second-order valence-corrected chi connectivity index (χ2v) is 3.24. The summed E-state index contributed by atoms with van der Waals surface area (Å²) in [5, 5.41) is 19.5. The molecule has 0 atom stereocenters. The fraction of sp³-hybridized carbons (Fsp3) is 0.0909. The molecule has 0 spiro atoms. The molecule has 0 heterocycles. The van der Waals surface area contributed by atoms with Crippen molar-refractivity contribution < 1.29 is 19.6 Å². The Bertz CT molecular complexity index is 502. The molecule has 0 saturated carbocycles. The number of nitro groups is 1. The first-order chi connectivity index (χ1) is 7.93. The zero-order chi connectivity index (χ0) is 13.0. The van der Waals surface area contributed by atoms with Crippen molar-refractivity contribution in [3.05, 3.63) is 45.5 Å². The van der Waals surface area contributed by atoms with E-state index < -0.39 is 22.2 Å². The first kappa shape index (κ1) is 12.6. The number of aliphatic carboxylic acids is 1. The molecule has 0 aromatic heterocycles. The Kier molecular flexibility index (Phi) is 3.71. The highest BCUT2D eigenvalue weighted by atomic mass is 16.6. The van der Waals surface area contributed by atoms with Gasteiger partial charge in [-0.2, -0.15) is 0 Å². The highest BCUT2D eigenvalue weighted by molar-refractivity contribution is 6.19. The number of nitrogens with zero attached hydrogens (tertiary/aromatic N) is 1. The van der Waals surface area contributed by atoms with Crippen molar-refractivity contribution >= 4 is 23.5 Å². The van der Waals surface area contributed by atoms with Gasteiger partial charge in [-0.05, 0) is 19.1 Å². The summed E-state index contributed by atoms with van der Waals surface area (Å²) in [4.78, 5) is 31.9. The van der Waals surface area contributed by atoms with Gasteiger partial charge in [-0.25, -0.2) is 4.79 Å². The predicted octanol–water partition coefficient (Wildman–Crippen LogP) is 1.65. The molecule has 0 amide bonds. The second-order valence-electron chi connectivity index (χ2n) is 3.24. The Labute approximate surface area is 96.3 Å². The van der Waals surface area contributed by atoms with E-state index in [1.807, 2.05) is 0 Å². The van der Waals surface area contributed by atoms with Crippen LogP contribution in [0.25, 0.3) is 6.08 Å². The van der Waals surface area contributed by atoms with Crippen LogP contribution in [-0.4, -0.2) is 21.8 Å². The standard InChI is InChI=1S/C11H9NO5/c1-7(13)9(11(14)15)6-8-4-2-3-5-10(8)12(16)17/h2-6H,1H3,(H,14,15)/b9-6-. The topological polar surface area (TPSA) is 97.5 Å². The molecule has 0 bridgehead atoms. The zero-order valence-corrected chi connectivity index (χ0v) is 8.91. The fourth-order valence-electron chi connectivity index (χ4n) is 1.25. The van der Waals surface area contributed by atoms with E-state index in [-0.39, 0.29) is 11.3 Å². The predicted molar refractivity (Wildman–Crippen MR) is 59.4 cm³/mol. The van der Waals surface area contributed by atoms with E-state index >= 15 is 0 Å². The molecule has 88 valence electrons. The quantitative estimate of drug-likeness (QED) is 0.281. The number of hydrogen-bond donors (Lipinski definition) is 1. The second kappa shape index (κ2) is 5.02. The molecular weight excluding hydrogens is 226 g/mol. The monoisotopic (exact) mass is 235 g/mol. The maximum atomic E-state index is 11.1. The lowest BCUT2D eigenvalue weighted by atomic mass is 10.1. The molecule has 1 rings (SSSR count). The molecule has 0 aliphatic heterocycles. The number of rotatable bonds is 4. The van der Waals surface area contributed by atoms with Gasteiger partial charge in [0.25, 0.3) is 5.69 Å². The van der Waals surface area contributed by atoms with Crippen LogP contribution in [0.2, 0.25) is 0 Å². The molecule has 1 N–H and O–H groups in total. The molecule has 0 aliphatic rings. The molecular formula is C11H9NO5. The normalized spacial score (nSPS) is 11.0. The number of benzene rings is 1. The zero-order valence-electron chi connectivity index (χ0n) is 8.91. The van der Waals surface area contributed by atoms with Gasteiger partial charge in [0.1, 0.15) is 5.57 Å². The molecule has 0 unspecified atom stereocenters. The van der Waals surface area contributed by atoms with Gasteiger partial charge >= 0.3 is 5.97 Å².